The maximum Gasteiger partial charge on any atom is 0.236 e. The first-order valence-electron chi connectivity index (χ1n) is 9.44. The van der Waals surface area contributed by atoms with Crippen molar-refractivity contribution < 1.29 is 12.8 Å². The zero-order chi connectivity index (χ0) is 19.4. The Morgan fingerprint density at radius 3 is 2.18 bits per heavy atom. The van der Waals surface area contributed by atoms with Crippen molar-refractivity contribution in [1.29, 1.82) is 0 Å². The third kappa shape index (κ3) is 3.87. The standard InChI is InChI=1S/C22H22N2O3S/c25-28(26,19-12-6-2-7-13-19)21-22(24-16-8-3-9-17-24)27-20(23-21)15-14-18-10-4-1-5-11-18/h1-2,4-7,10-15H,3,8-9,16-17H2/b15-14+. The number of piperidine rings is 1. The molecule has 1 aliphatic rings. The molecule has 0 saturated carbocycles. The largest absolute Gasteiger partial charge is 0.420 e. The Hall–Kier alpha value is -2.86. The first kappa shape index (κ1) is 18.5. The van der Waals surface area contributed by atoms with Crippen LogP contribution in [0.3, 0.4) is 0 Å². The van der Waals surface area contributed by atoms with Crippen LogP contribution in [0.2, 0.25) is 0 Å². The summed E-state index contributed by atoms with van der Waals surface area (Å²) in [5, 5.41) is -0.00619. The Bertz CT molecular complexity index is 1050. The highest BCUT2D eigenvalue weighted by Gasteiger charge is 2.31. The molecule has 1 aromatic heterocycles. The van der Waals surface area contributed by atoms with Crippen LogP contribution in [0.15, 0.2) is 75.0 Å². The van der Waals surface area contributed by atoms with E-state index in [-0.39, 0.29) is 9.92 Å². The lowest BCUT2D eigenvalue weighted by molar-refractivity contribution is 0.487. The first-order valence-corrected chi connectivity index (χ1v) is 10.9. The van der Waals surface area contributed by atoms with Gasteiger partial charge in [-0.1, -0.05) is 48.5 Å². The fraction of sp³-hybridized carbons (Fsp3) is 0.227. The molecule has 0 spiro atoms. The van der Waals surface area contributed by atoms with E-state index < -0.39 is 9.84 Å². The van der Waals surface area contributed by atoms with Gasteiger partial charge in [0.2, 0.25) is 26.6 Å². The Morgan fingerprint density at radius 2 is 1.50 bits per heavy atom. The lowest BCUT2D eigenvalue weighted by atomic mass is 10.1. The molecule has 0 bridgehead atoms. The van der Waals surface area contributed by atoms with Crippen molar-refractivity contribution in [3.8, 4) is 0 Å². The van der Waals surface area contributed by atoms with E-state index in [9.17, 15) is 8.42 Å². The van der Waals surface area contributed by atoms with Gasteiger partial charge in [0, 0.05) is 19.2 Å². The van der Waals surface area contributed by atoms with Gasteiger partial charge in [-0.25, -0.2) is 8.42 Å². The molecule has 2 aromatic carbocycles. The molecule has 28 heavy (non-hydrogen) atoms. The average molecular weight is 394 g/mol. The number of nitrogens with zero attached hydrogens (tertiary/aromatic N) is 2. The average Bonchev–Trinajstić information content (AvgIpc) is 3.20. The number of benzene rings is 2. The summed E-state index contributed by atoms with van der Waals surface area (Å²) in [5.41, 5.74) is 0.993. The molecule has 0 radical (unpaired) electrons. The van der Waals surface area contributed by atoms with Gasteiger partial charge in [-0.05, 0) is 43.0 Å². The lowest BCUT2D eigenvalue weighted by Crippen LogP contribution is -2.30. The highest BCUT2D eigenvalue weighted by Crippen LogP contribution is 2.33. The van der Waals surface area contributed by atoms with Crippen LogP contribution in [0, 0.1) is 0 Å². The predicted octanol–water partition coefficient (Wildman–Crippen LogP) is 4.67. The van der Waals surface area contributed by atoms with Gasteiger partial charge in [-0.2, -0.15) is 4.98 Å². The molecule has 1 fully saturated rings. The minimum absolute atomic E-state index is 0.00619. The van der Waals surface area contributed by atoms with E-state index >= 15 is 0 Å². The number of sulfone groups is 1. The highest BCUT2D eigenvalue weighted by molar-refractivity contribution is 7.91. The molecule has 0 aliphatic carbocycles. The second-order valence-corrected chi connectivity index (χ2v) is 8.64. The normalized spacial score (nSPS) is 15.2. The molecular weight excluding hydrogens is 372 g/mol. The van der Waals surface area contributed by atoms with Gasteiger partial charge in [0.1, 0.15) is 0 Å². The van der Waals surface area contributed by atoms with E-state index in [4.69, 9.17) is 4.42 Å². The smallest absolute Gasteiger partial charge is 0.236 e. The molecule has 2 heterocycles. The van der Waals surface area contributed by atoms with Crippen molar-refractivity contribution in [1.82, 2.24) is 4.98 Å². The van der Waals surface area contributed by atoms with Crippen molar-refractivity contribution in [3.63, 3.8) is 0 Å². The number of hydrogen-bond acceptors (Lipinski definition) is 5. The van der Waals surface area contributed by atoms with Gasteiger partial charge in [-0.3, -0.25) is 0 Å². The molecule has 0 amide bonds. The molecule has 1 saturated heterocycles. The van der Waals surface area contributed by atoms with Crippen molar-refractivity contribution in [3.05, 3.63) is 72.1 Å². The van der Waals surface area contributed by atoms with Crippen molar-refractivity contribution >= 4 is 27.9 Å². The van der Waals surface area contributed by atoms with Crippen LogP contribution in [0.5, 0.6) is 0 Å². The summed E-state index contributed by atoms with van der Waals surface area (Å²) < 4.78 is 32.4. The number of anilines is 1. The molecule has 5 nitrogen and oxygen atoms in total. The molecule has 0 unspecified atom stereocenters. The van der Waals surface area contributed by atoms with E-state index in [0.29, 0.717) is 11.8 Å². The third-order valence-electron chi connectivity index (χ3n) is 4.77. The van der Waals surface area contributed by atoms with E-state index in [0.717, 1.165) is 37.9 Å². The van der Waals surface area contributed by atoms with E-state index in [1.54, 1.807) is 36.4 Å². The molecule has 3 aromatic rings. The summed E-state index contributed by atoms with van der Waals surface area (Å²) in [4.78, 5) is 6.58. The predicted molar refractivity (Wildman–Crippen MR) is 110 cm³/mol. The van der Waals surface area contributed by atoms with Crippen molar-refractivity contribution in [2.75, 3.05) is 18.0 Å². The fourth-order valence-corrected chi connectivity index (χ4v) is 4.65. The summed E-state index contributed by atoms with van der Waals surface area (Å²) in [6, 6.07) is 18.2. The summed E-state index contributed by atoms with van der Waals surface area (Å²) >= 11 is 0. The molecule has 1 aliphatic heterocycles. The van der Waals surface area contributed by atoms with Crippen LogP contribution in [0.25, 0.3) is 12.2 Å². The van der Waals surface area contributed by atoms with Crippen LogP contribution < -0.4 is 4.90 Å². The van der Waals surface area contributed by atoms with Gasteiger partial charge >= 0.3 is 0 Å². The lowest BCUT2D eigenvalue weighted by Gasteiger charge is -2.26. The number of aromatic nitrogens is 1. The second kappa shape index (κ2) is 8.02. The zero-order valence-corrected chi connectivity index (χ0v) is 16.3. The van der Waals surface area contributed by atoms with Crippen molar-refractivity contribution in [2.45, 2.75) is 29.2 Å². The monoisotopic (exact) mass is 394 g/mol. The third-order valence-corrected chi connectivity index (χ3v) is 6.43. The maximum atomic E-state index is 13.2. The van der Waals surface area contributed by atoms with Gasteiger partial charge in [0.25, 0.3) is 0 Å². The van der Waals surface area contributed by atoms with E-state index in [1.165, 1.54) is 0 Å². The summed E-state index contributed by atoms with van der Waals surface area (Å²) in [7, 11) is -3.76. The quantitative estimate of drug-likeness (QED) is 0.629. The molecule has 6 heteroatoms. The summed E-state index contributed by atoms with van der Waals surface area (Å²) in [6.45, 7) is 1.54. The SMILES string of the molecule is O=S(=O)(c1ccccc1)c1nc(/C=C/c2ccccc2)oc1N1CCCCC1. The second-order valence-electron chi connectivity index (χ2n) is 6.77. The minimum atomic E-state index is -3.76. The van der Waals surface area contributed by atoms with Gasteiger partial charge in [0.05, 0.1) is 4.90 Å². The fourth-order valence-electron chi connectivity index (χ4n) is 3.30. The maximum absolute atomic E-state index is 13.2. The Labute approximate surface area is 165 Å². The van der Waals surface area contributed by atoms with Crippen molar-refractivity contribution in [2.24, 2.45) is 0 Å². The number of rotatable bonds is 5. The Morgan fingerprint density at radius 1 is 0.857 bits per heavy atom. The Balaban J connectivity index is 1.75. The van der Waals surface area contributed by atoms with Gasteiger partial charge in [-0.15, -0.1) is 0 Å². The Kier molecular flexibility index (Phi) is 5.30. The number of oxazole rings is 1. The van der Waals surface area contributed by atoms with Crippen LogP contribution in [-0.2, 0) is 9.84 Å². The van der Waals surface area contributed by atoms with E-state index in [2.05, 4.69) is 4.98 Å². The summed E-state index contributed by atoms with van der Waals surface area (Å²) in [6.07, 6.45) is 6.76. The van der Waals surface area contributed by atoms with Crippen LogP contribution in [-0.4, -0.2) is 26.5 Å². The van der Waals surface area contributed by atoms with Crippen LogP contribution >= 0.6 is 0 Å². The van der Waals surface area contributed by atoms with E-state index in [1.807, 2.05) is 41.3 Å². The zero-order valence-electron chi connectivity index (χ0n) is 15.5. The van der Waals surface area contributed by atoms with Gasteiger partial charge in [0.15, 0.2) is 0 Å². The topological polar surface area (TPSA) is 63.4 Å². The minimum Gasteiger partial charge on any atom is -0.420 e. The van der Waals surface area contributed by atoms with Crippen LogP contribution in [0.4, 0.5) is 5.88 Å². The first-order chi connectivity index (χ1) is 13.6. The number of hydrogen-bond donors (Lipinski definition) is 0. The highest BCUT2D eigenvalue weighted by atomic mass is 32.2. The molecule has 144 valence electrons. The molecule has 0 atom stereocenters. The molecular formula is C22H22N2O3S. The van der Waals surface area contributed by atoms with Crippen LogP contribution in [0.1, 0.15) is 30.7 Å². The molecule has 4 rings (SSSR count). The van der Waals surface area contributed by atoms with Gasteiger partial charge < -0.3 is 9.32 Å². The molecule has 0 N–H and O–H groups in total. The summed E-state index contributed by atoms with van der Waals surface area (Å²) in [5.74, 6) is 0.634.